The third-order valence-corrected chi connectivity index (χ3v) is 4.15. The summed E-state index contributed by atoms with van der Waals surface area (Å²) in [6, 6.07) is 9.08. The second-order valence-electron chi connectivity index (χ2n) is 3.96. The van der Waals surface area contributed by atoms with Gasteiger partial charge in [0.2, 0.25) is 0 Å². The molecule has 1 aromatic rings. The summed E-state index contributed by atoms with van der Waals surface area (Å²) in [4.78, 5) is 1.46. The second-order valence-corrected chi connectivity index (χ2v) is 5.30. The molecule has 0 radical (unpaired) electrons. The first-order chi connectivity index (χ1) is 6.79. The Morgan fingerprint density at radius 1 is 1.50 bits per heavy atom. The fraction of sp³-hybridized carbons (Fsp3) is 0.500. The monoisotopic (exact) mass is 207 g/mol. The molecule has 1 aliphatic heterocycles. The average Bonchev–Trinajstić information content (AvgIpc) is 2.59. The Morgan fingerprint density at radius 2 is 2.29 bits per heavy atom. The van der Waals surface area contributed by atoms with Crippen LogP contribution in [-0.4, -0.2) is 11.3 Å². The van der Waals surface area contributed by atoms with Crippen LogP contribution in [0.1, 0.15) is 25.3 Å². The molecule has 1 aliphatic rings. The van der Waals surface area contributed by atoms with Gasteiger partial charge in [-0.1, -0.05) is 25.1 Å². The fourth-order valence-corrected chi connectivity index (χ4v) is 3.32. The summed E-state index contributed by atoms with van der Waals surface area (Å²) in [5, 5.41) is 0.711. The Labute approximate surface area is 90.1 Å². The quantitative estimate of drug-likeness (QED) is 0.825. The molecular weight excluding hydrogens is 190 g/mol. The fourth-order valence-electron chi connectivity index (χ4n) is 1.89. The van der Waals surface area contributed by atoms with E-state index in [1.54, 1.807) is 0 Å². The van der Waals surface area contributed by atoms with Crippen LogP contribution in [0.3, 0.4) is 0 Å². The zero-order chi connectivity index (χ0) is 9.97. The zero-order valence-corrected chi connectivity index (χ0v) is 9.39. The van der Waals surface area contributed by atoms with Gasteiger partial charge < -0.3 is 5.73 Å². The lowest BCUT2D eigenvalue weighted by atomic mass is 10.0. The van der Waals surface area contributed by atoms with Gasteiger partial charge in [-0.25, -0.2) is 0 Å². The number of benzene rings is 1. The van der Waals surface area contributed by atoms with E-state index in [4.69, 9.17) is 5.73 Å². The van der Waals surface area contributed by atoms with Crippen LogP contribution in [0, 0.1) is 0 Å². The normalized spacial score (nSPS) is 22.0. The average molecular weight is 207 g/mol. The first kappa shape index (κ1) is 10.1. The largest absolute Gasteiger partial charge is 0.328 e. The maximum Gasteiger partial charge on any atom is 0.0150 e. The standard InChI is InChI=1S/C12H17NS/c1-2-10(13)8-11-7-9-5-3-4-6-12(9)14-11/h3-6,10-11H,2,7-8,13H2,1H3. The van der Waals surface area contributed by atoms with E-state index in [2.05, 4.69) is 31.2 Å². The summed E-state index contributed by atoms with van der Waals surface area (Å²) < 4.78 is 0. The van der Waals surface area contributed by atoms with Crippen molar-refractivity contribution >= 4 is 11.8 Å². The van der Waals surface area contributed by atoms with Gasteiger partial charge in [-0.3, -0.25) is 0 Å². The molecule has 2 heteroatoms. The van der Waals surface area contributed by atoms with Crippen LogP contribution in [0.2, 0.25) is 0 Å². The van der Waals surface area contributed by atoms with E-state index in [9.17, 15) is 0 Å². The summed E-state index contributed by atoms with van der Waals surface area (Å²) in [5.41, 5.74) is 7.48. The van der Waals surface area contributed by atoms with Gasteiger partial charge in [-0.15, -0.1) is 11.8 Å². The summed E-state index contributed by atoms with van der Waals surface area (Å²) in [7, 11) is 0. The molecule has 2 atom stereocenters. The van der Waals surface area contributed by atoms with E-state index >= 15 is 0 Å². The van der Waals surface area contributed by atoms with Gasteiger partial charge in [0.25, 0.3) is 0 Å². The molecule has 2 rings (SSSR count). The van der Waals surface area contributed by atoms with Crippen LogP contribution in [0.4, 0.5) is 0 Å². The van der Waals surface area contributed by atoms with Crippen LogP contribution in [0.25, 0.3) is 0 Å². The molecule has 76 valence electrons. The molecule has 0 bridgehead atoms. The van der Waals surface area contributed by atoms with Crippen molar-refractivity contribution in [1.82, 2.24) is 0 Å². The first-order valence-electron chi connectivity index (χ1n) is 5.29. The third-order valence-electron chi connectivity index (χ3n) is 2.80. The van der Waals surface area contributed by atoms with Gasteiger partial charge in [0, 0.05) is 16.2 Å². The van der Waals surface area contributed by atoms with Crippen molar-refractivity contribution in [3.63, 3.8) is 0 Å². The van der Waals surface area contributed by atoms with E-state index in [0.717, 1.165) is 12.8 Å². The van der Waals surface area contributed by atoms with Crippen molar-refractivity contribution < 1.29 is 0 Å². The SMILES string of the molecule is CCC(N)CC1Cc2ccccc2S1. The second kappa shape index (κ2) is 4.37. The lowest BCUT2D eigenvalue weighted by molar-refractivity contribution is 0.581. The van der Waals surface area contributed by atoms with E-state index in [1.807, 2.05) is 11.8 Å². The molecule has 1 heterocycles. The predicted molar refractivity (Wildman–Crippen MR) is 62.7 cm³/mol. The van der Waals surface area contributed by atoms with Crippen LogP contribution in [-0.2, 0) is 6.42 Å². The van der Waals surface area contributed by atoms with Crippen molar-refractivity contribution in [3.8, 4) is 0 Å². The van der Waals surface area contributed by atoms with Crippen molar-refractivity contribution in [2.45, 2.75) is 42.4 Å². The Bertz CT molecular complexity index is 286. The molecular formula is C12H17NS. The number of nitrogens with two attached hydrogens (primary N) is 1. The van der Waals surface area contributed by atoms with E-state index in [1.165, 1.54) is 16.9 Å². The summed E-state index contributed by atoms with van der Waals surface area (Å²) in [6.07, 6.45) is 3.44. The van der Waals surface area contributed by atoms with Gasteiger partial charge in [-0.05, 0) is 30.9 Å². The Hall–Kier alpha value is -0.470. The number of hydrogen-bond acceptors (Lipinski definition) is 2. The minimum Gasteiger partial charge on any atom is -0.328 e. The molecule has 2 unspecified atom stereocenters. The molecule has 0 aromatic heterocycles. The highest BCUT2D eigenvalue weighted by molar-refractivity contribution is 8.00. The Kier molecular flexibility index (Phi) is 3.14. The number of fused-ring (bicyclic) bond motifs is 1. The number of hydrogen-bond donors (Lipinski definition) is 1. The molecule has 2 N–H and O–H groups in total. The van der Waals surface area contributed by atoms with Gasteiger partial charge in [0.05, 0.1) is 0 Å². The minimum absolute atomic E-state index is 0.377. The summed E-state index contributed by atoms with van der Waals surface area (Å²) in [6.45, 7) is 2.16. The number of rotatable bonds is 3. The van der Waals surface area contributed by atoms with Crippen LogP contribution >= 0.6 is 11.8 Å². The maximum atomic E-state index is 5.97. The Balaban J connectivity index is 1.98. The van der Waals surface area contributed by atoms with Crippen molar-refractivity contribution in [1.29, 1.82) is 0 Å². The van der Waals surface area contributed by atoms with Crippen molar-refractivity contribution in [2.24, 2.45) is 5.73 Å². The smallest absolute Gasteiger partial charge is 0.0150 e. The molecule has 1 nitrogen and oxygen atoms in total. The molecule has 0 spiro atoms. The van der Waals surface area contributed by atoms with Crippen LogP contribution < -0.4 is 5.73 Å². The molecule has 14 heavy (non-hydrogen) atoms. The zero-order valence-electron chi connectivity index (χ0n) is 8.57. The summed E-state index contributed by atoms with van der Waals surface area (Å²) in [5.74, 6) is 0. The first-order valence-corrected chi connectivity index (χ1v) is 6.17. The Morgan fingerprint density at radius 3 is 3.00 bits per heavy atom. The third kappa shape index (κ3) is 2.12. The molecule has 0 fully saturated rings. The lowest BCUT2D eigenvalue weighted by Gasteiger charge is -2.13. The molecule has 0 amide bonds. The van der Waals surface area contributed by atoms with Crippen molar-refractivity contribution in [3.05, 3.63) is 29.8 Å². The highest BCUT2D eigenvalue weighted by Crippen LogP contribution is 2.38. The van der Waals surface area contributed by atoms with Gasteiger partial charge in [-0.2, -0.15) is 0 Å². The van der Waals surface area contributed by atoms with Gasteiger partial charge in [0.1, 0.15) is 0 Å². The maximum absolute atomic E-state index is 5.97. The summed E-state index contributed by atoms with van der Waals surface area (Å²) >= 11 is 2.00. The van der Waals surface area contributed by atoms with Crippen LogP contribution in [0.15, 0.2) is 29.2 Å². The van der Waals surface area contributed by atoms with E-state index in [-0.39, 0.29) is 0 Å². The van der Waals surface area contributed by atoms with Crippen molar-refractivity contribution in [2.75, 3.05) is 0 Å². The van der Waals surface area contributed by atoms with Gasteiger partial charge in [0.15, 0.2) is 0 Å². The van der Waals surface area contributed by atoms with Crippen LogP contribution in [0.5, 0.6) is 0 Å². The topological polar surface area (TPSA) is 26.0 Å². The molecule has 0 aliphatic carbocycles. The number of thioether (sulfide) groups is 1. The highest BCUT2D eigenvalue weighted by atomic mass is 32.2. The lowest BCUT2D eigenvalue weighted by Crippen LogP contribution is -2.23. The molecule has 0 saturated heterocycles. The van der Waals surface area contributed by atoms with E-state index in [0.29, 0.717) is 11.3 Å². The molecule has 1 aromatic carbocycles. The minimum atomic E-state index is 0.377. The van der Waals surface area contributed by atoms with Gasteiger partial charge >= 0.3 is 0 Å². The molecule has 0 saturated carbocycles. The highest BCUT2D eigenvalue weighted by Gasteiger charge is 2.22. The van der Waals surface area contributed by atoms with E-state index < -0.39 is 0 Å². The predicted octanol–water partition coefficient (Wildman–Crippen LogP) is 2.83.